The summed E-state index contributed by atoms with van der Waals surface area (Å²) in [6, 6.07) is 18.7. The summed E-state index contributed by atoms with van der Waals surface area (Å²) in [5, 5.41) is 10.6. The van der Waals surface area contributed by atoms with E-state index in [0.717, 1.165) is 27.8 Å². The fourth-order valence-corrected chi connectivity index (χ4v) is 6.08. The number of nitrogens with zero attached hydrogens (tertiary/aromatic N) is 1. The van der Waals surface area contributed by atoms with Crippen molar-refractivity contribution in [3.05, 3.63) is 88.5 Å². The number of hydrogen-bond acceptors (Lipinski definition) is 7. The molecule has 0 spiro atoms. The number of carboxylic acids is 1. The monoisotopic (exact) mass is 573 g/mol. The second kappa shape index (κ2) is 13.0. The Balaban J connectivity index is 1.42. The van der Waals surface area contributed by atoms with E-state index in [1.165, 1.54) is 0 Å². The Morgan fingerprint density at radius 3 is 2.33 bits per heavy atom. The van der Waals surface area contributed by atoms with Crippen LogP contribution in [0.5, 0.6) is 17.2 Å². The lowest BCUT2D eigenvalue weighted by atomic mass is 9.82. The molecule has 3 atom stereocenters. The van der Waals surface area contributed by atoms with Crippen LogP contribution in [0.15, 0.2) is 60.7 Å². The summed E-state index contributed by atoms with van der Waals surface area (Å²) >= 11 is 0. The number of ketones is 1. The molecule has 42 heavy (non-hydrogen) atoms. The van der Waals surface area contributed by atoms with E-state index in [2.05, 4.69) is 0 Å². The van der Waals surface area contributed by atoms with Crippen molar-refractivity contribution in [2.24, 2.45) is 5.92 Å². The fraction of sp³-hybridized carbons (Fsp3) is 0.412. The molecular weight excluding hydrogens is 534 g/mol. The molecule has 1 saturated heterocycles. The van der Waals surface area contributed by atoms with Crippen LogP contribution in [0.25, 0.3) is 0 Å². The van der Waals surface area contributed by atoms with Gasteiger partial charge in [0.15, 0.2) is 17.3 Å². The van der Waals surface area contributed by atoms with Gasteiger partial charge in [0.25, 0.3) is 0 Å². The summed E-state index contributed by atoms with van der Waals surface area (Å²) in [5.41, 5.74) is 4.88. The number of carbonyl (C=O) groups is 2. The van der Waals surface area contributed by atoms with Gasteiger partial charge in [0, 0.05) is 24.9 Å². The number of rotatable bonds is 12. The Kier molecular flexibility index (Phi) is 9.14. The van der Waals surface area contributed by atoms with Crippen molar-refractivity contribution in [2.45, 2.75) is 52.2 Å². The molecule has 1 fully saturated rings. The van der Waals surface area contributed by atoms with Crippen molar-refractivity contribution in [1.29, 1.82) is 0 Å². The van der Waals surface area contributed by atoms with Gasteiger partial charge in [-0.15, -0.1) is 0 Å². The Bertz CT molecular complexity index is 1400. The molecule has 0 unspecified atom stereocenters. The Labute approximate surface area is 247 Å². The zero-order chi connectivity index (χ0) is 29.8. The van der Waals surface area contributed by atoms with Crippen LogP contribution in [0.3, 0.4) is 0 Å². The van der Waals surface area contributed by atoms with Gasteiger partial charge in [-0.25, -0.2) is 0 Å². The number of likely N-dealkylation sites (tertiary alicyclic amines) is 1. The predicted molar refractivity (Wildman–Crippen MR) is 158 cm³/mol. The van der Waals surface area contributed by atoms with Crippen LogP contribution in [0.2, 0.25) is 0 Å². The van der Waals surface area contributed by atoms with Crippen LogP contribution in [-0.2, 0) is 20.7 Å². The first kappa shape index (κ1) is 29.6. The molecule has 8 heteroatoms. The standard InChI is InChI=1S/C34H39NO7/c1-21(2)39-14-15-40-27-11-8-24(9-12-27)33-32(34(37)38)29(25-10-13-30-31(16-25)42-20-41-30)19-35(33)18-26(36)17-28-22(3)6-5-7-23(28)4/h5-13,16,21,29,32-33H,14-15,17-20H2,1-4H3,(H,37,38)/t29-,32-,33+/m1/s1. The number of carbonyl (C=O) groups excluding carboxylic acids is 1. The van der Waals surface area contributed by atoms with Gasteiger partial charge in [0.05, 0.1) is 25.2 Å². The minimum Gasteiger partial charge on any atom is -0.491 e. The number of hydrogen-bond donors (Lipinski definition) is 1. The van der Waals surface area contributed by atoms with Crippen molar-refractivity contribution in [1.82, 2.24) is 4.90 Å². The number of Topliss-reactive ketones (excluding diaryl/α,β-unsaturated/α-hetero) is 1. The van der Waals surface area contributed by atoms with Crippen LogP contribution in [0.1, 0.15) is 53.6 Å². The molecule has 0 aromatic heterocycles. The van der Waals surface area contributed by atoms with E-state index in [4.69, 9.17) is 18.9 Å². The molecule has 2 aliphatic heterocycles. The van der Waals surface area contributed by atoms with Gasteiger partial charge in [0.2, 0.25) is 6.79 Å². The van der Waals surface area contributed by atoms with Crippen LogP contribution >= 0.6 is 0 Å². The van der Waals surface area contributed by atoms with E-state index in [0.29, 0.717) is 43.4 Å². The fourth-order valence-electron chi connectivity index (χ4n) is 6.08. The van der Waals surface area contributed by atoms with Gasteiger partial charge >= 0.3 is 5.97 Å². The number of fused-ring (bicyclic) bond motifs is 1. The molecule has 0 bridgehead atoms. The molecule has 222 valence electrons. The third-order valence-corrected chi connectivity index (χ3v) is 8.13. The summed E-state index contributed by atoms with van der Waals surface area (Å²) in [7, 11) is 0. The molecule has 0 saturated carbocycles. The lowest BCUT2D eigenvalue weighted by Gasteiger charge is -2.27. The van der Waals surface area contributed by atoms with Crippen LogP contribution in [-0.4, -0.2) is 61.0 Å². The number of benzene rings is 3. The number of aliphatic carboxylic acids is 1. The largest absolute Gasteiger partial charge is 0.491 e. The van der Waals surface area contributed by atoms with Crippen LogP contribution in [0.4, 0.5) is 0 Å². The van der Waals surface area contributed by atoms with Gasteiger partial charge in [-0.05, 0) is 79.8 Å². The van der Waals surface area contributed by atoms with Gasteiger partial charge in [-0.3, -0.25) is 14.5 Å². The highest BCUT2D eigenvalue weighted by atomic mass is 16.7. The van der Waals surface area contributed by atoms with Gasteiger partial charge in [-0.1, -0.05) is 36.4 Å². The summed E-state index contributed by atoms with van der Waals surface area (Å²) in [5.74, 6) is -0.0305. The summed E-state index contributed by atoms with van der Waals surface area (Å²) < 4.78 is 22.4. The number of ether oxygens (including phenoxy) is 4. The van der Waals surface area contributed by atoms with E-state index >= 15 is 0 Å². The highest BCUT2D eigenvalue weighted by Crippen LogP contribution is 2.47. The first-order valence-corrected chi connectivity index (χ1v) is 14.5. The van der Waals surface area contributed by atoms with Crippen molar-refractivity contribution in [2.75, 3.05) is 33.1 Å². The minimum atomic E-state index is -0.904. The SMILES string of the molecule is Cc1cccc(C)c1CC(=O)CN1C[C@H](c2ccc3c(c2)OCO3)[C@@H](C(=O)O)[C@@H]1c1ccc(OCCOC(C)C)cc1. The minimum absolute atomic E-state index is 0.0537. The Morgan fingerprint density at radius 2 is 1.64 bits per heavy atom. The van der Waals surface area contributed by atoms with Crippen molar-refractivity contribution in [3.63, 3.8) is 0 Å². The topological polar surface area (TPSA) is 94.5 Å². The van der Waals surface area contributed by atoms with Gasteiger partial charge < -0.3 is 24.1 Å². The zero-order valence-corrected chi connectivity index (χ0v) is 24.7. The van der Waals surface area contributed by atoms with E-state index in [9.17, 15) is 14.7 Å². The summed E-state index contributed by atoms with van der Waals surface area (Å²) in [6.07, 6.45) is 0.437. The Hall–Kier alpha value is -3.88. The zero-order valence-electron chi connectivity index (χ0n) is 24.7. The highest BCUT2D eigenvalue weighted by molar-refractivity contribution is 5.84. The molecule has 0 amide bonds. The van der Waals surface area contributed by atoms with E-state index in [1.54, 1.807) is 0 Å². The van der Waals surface area contributed by atoms with Gasteiger partial charge in [0.1, 0.15) is 12.4 Å². The molecule has 1 N–H and O–H groups in total. The molecule has 3 aromatic rings. The highest BCUT2D eigenvalue weighted by Gasteiger charge is 2.48. The maximum atomic E-state index is 13.5. The lowest BCUT2D eigenvalue weighted by Crippen LogP contribution is -2.33. The second-order valence-corrected chi connectivity index (χ2v) is 11.4. The average molecular weight is 574 g/mol. The van der Waals surface area contributed by atoms with E-state index in [1.807, 2.05) is 93.3 Å². The van der Waals surface area contributed by atoms with Crippen LogP contribution in [0, 0.1) is 19.8 Å². The average Bonchev–Trinajstić information content (AvgIpc) is 3.58. The molecule has 8 nitrogen and oxygen atoms in total. The van der Waals surface area contributed by atoms with Crippen molar-refractivity contribution < 1.29 is 33.6 Å². The van der Waals surface area contributed by atoms with Crippen LogP contribution < -0.4 is 14.2 Å². The van der Waals surface area contributed by atoms with Crippen molar-refractivity contribution >= 4 is 11.8 Å². The first-order valence-electron chi connectivity index (χ1n) is 14.5. The lowest BCUT2D eigenvalue weighted by molar-refractivity contribution is -0.143. The molecule has 2 aliphatic rings. The molecule has 0 aliphatic carbocycles. The van der Waals surface area contributed by atoms with E-state index in [-0.39, 0.29) is 31.1 Å². The maximum Gasteiger partial charge on any atom is 0.309 e. The number of aryl methyl sites for hydroxylation is 2. The Morgan fingerprint density at radius 1 is 0.952 bits per heavy atom. The summed E-state index contributed by atoms with van der Waals surface area (Å²) in [4.78, 5) is 28.4. The normalized spacial score (nSPS) is 19.8. The molecular formula is C34H39NO7. The third kappa shape index (κ3) is 6.61. The summed E-state index contributed by atoms with van der Waals surface area (Å²) in [6.45, 7) is 9.60. The molecule has 2 heterocycles. The molecule has 3 aromatic carbocycles. The first-order chi connectivity index (χ1) is 20.2. The van der Waals surface area contributed by atoms with Crippen molar-refractivity contribution in [3.8, 4) is 17.2 Å². The van der Waals surface area contributed by atoms with Gasteiger partial charge in [-0.2, -0.15) is 0 Å². The molecule has 5 rings (SSSR count). The third-order valence-electron chi connectivity index (χ3n) is 8.13. The second-order valence-electron chi connectivity index (χ2n) is 11.4. The maximum absolute atomic E-state index is 13.5. The smallest absolute Gasteiger partial charge is 0.309 e. The molecule has 0 radical (unpaired) electrons. The predicted octanol–water partition coefficient (Wildman–Crippen LogP) is 5.49. The quantitative estimate of drug-likeness (QED) is 0.285. The van der Waals surface area contributed by atoms with E-state index < -0.39 is 17.9 Å². The number of carboxylic acid groups (broad SMARTS) is 1.